The highest BCUT2D eigenvalue weighted by atomic mass is 35.5. The number of nitrogens with one attached hydrogen (secondary N) is 1. The van der Waals surface area contributed by atoms with Crippen molar-refractivity contribution < 1.29 is 9.90 Å². The standard InChI is InChI=1S/C12H10ClNO3/c1-6-8-4-7(13)2-3-10(8)14-12(17)9(6)5-11(15)16/h2-4H,5H2,1H3,(H,14,17)(H,15,16). The fourth-order valence-corrected chi connectivity index (χ4v) is 2.00. The molecule has 0 atom stereocenters. The number of halogens is 1. The van der Waals surface area contributed by atoms with Crippen LogP contribution in [-0.2, 0) is 11.2 Å². The molecular weight excluding hydrogens is 242 g/mol. The van der Waals surface area contributed by atoms with Crippen molar-refractivity contribution in [1.29, 1.82) is 0 Å². The van der Waals surface area contributed by atoms with Crippen molar-refractivity contribution in [2.75, 3.05) is 0 Å². The number of fused-ring (bicyclic) bond motifs is 1. The van der Waals surface area contributed by atoms with Crippen LogP contribution >= 0.6 is 11.6 Å². The van der Waals surface area contributed by atoms with Crippen LogP contribution in [0, 0.1) is 6.92 Å². The number of pyridine rings is 1. The van der Waals surface area contributed by atoms with Gasteiger partial charge in [-0.3, -0.25) is 9.59 Å². The Bertz CT molecular complexity index is 661. The maximum absolute atomic E-state index is 11.7. The van der Waals surface area contributed by atoms with Crippen molar-refractivity contribution in [3.05, 3.63) is 44.7 Å². The number of H-pyrrole nitrogens is 1. The average molecular weight is 252 g/mol. The molecule has 0 aliphatic rings. The molecule has 4 nitrogen and oxygen atoms in total. The third-order valence-corrected chi connectivity index (χ3v) is 2.92. The Kier molecular flexibility index (Phi) is 2.90. The average Bonchev–Trinajstić information content (AvgIpc) is 2.25. The van der Waals surface area contributed by atoms with E-state index < -0.39 is 5.97 Å². The van der Waals surface area contributed by atoms with Gasteiger partial charge in [0.15, 0.2) is 0 Å². The molecule has 1 aromatic carbocycles. The topological polar surface area (TPSA) is 70.2 Å². The van der Waals surface area contributed by atoms with Gasteiger partial charge in [-0.15, -0.1) is 0 Å². The van der Waals surface area contributed by atoms with Crippen molar-refractivity contribution in [2.45, 2.75) is 13.3 Å². The van der Waals surface area contributed by atoms with Crippen LogP contribution in [0.3, 0.4) is 0 Å². The molecule has 2 N–H and O–H groups in total. The summed E-state index contributed by atoms with van der Waals surface area (Å²) in [5.41, 5.74) is 1.23. The summed E-state index contributed by atoms with van der Waals surface area (Å²) in [5.74, 6) is -1.03. The fraction of sp³-hybridized carbons (Fsp3) is 0.167. The molecule has 0 radical (unpaired) electrons. The molecule has 2 aromatic rings. The zero-order valence-corrected chi connectivity index (χ0v) is 9.84. The van der Waals surface area contributed by atoms with E-state index in [9.17, 15) is 9.59 Å². The molecule has 0 fully saturated rings. The molecule has 0 aliphatic heterocycles. The van der Waals surface area contributed by atoms with E-state index in [1.807, 2.05) is 0 Å². The molecule has 0 bridgehead atoms. The number of aliphatic carboxylic acids is 1. The molecule has 0 unspecified atom stereocenters. The van der Waals surface area contributed by atoms with Gasteiger partial charge in [-0.05, 0) is 30.7 Å². The first-order chi connectivity index (χ1) is 7.99. The summed E-state index contributed by atoms with van der Waals surface area (Å²) in [5, 5.41) is 10.1. The second-order valence-corrected chi connectivity index (χ2v) is 4.25. The van der Waals surface area contributed by atoms with Crippen LogP contribution in [0.4, 0.5) is 0 Å². The number of benzene rings is 1. The third kappa shape index (κ3) is 2.17. The maximum atomic E-state index is 11.7. The minimum Gasteiger partial charge on any atom is -0.481 e. The molecule has 88 valence electrons. The van der Waals surface area contributed by atoms with Gasteiger partial charge in [0.2, 0.25) is 0 Å². The largest absolute Gasteiger partial charge is 0.481 e. The summed E-state index contributed by atoms with van der Waals surface area (Å²) in [6.07, 6.45) is -0.288. The Morgan fingerprint density at radius 1 is 1.47 bits per heavy atom. The highest BCUT2D eigenvalue weighted by molar-refractivity contribution is 6.31. The number of aromatic nitrogens is 1. The Morgan fingerprint density at radius 3 is 2.82 bits per heavy atom. The van der Waals surface area contributed by atoms with Gasteiger partial charge in [0, 0.05) is 21.5 Å². The monoisotopic (exact) mass is 251 g/mol. The first-order valence-corrected chi connectivity index (χ1v) is 5.39. The van der Waals surface area contributed by atoms with E-state index in [1.165, 1.54) is 0 Å². The van der Waals surface area contributed by atoms with E-state index in [0.29, 0.717) is 16.1 Å². The number of aryl methyl sites for hydroxylation is 1. The molecule has 0 saturated heterocycles. The first-order valence-electron chi connectivity index (χ1n) is 5.02. The second-order valence-electron chi connectivity index (χ2n) is 3.82. The zero-order chi connectivity index (χ0) is 12.6. The van der Waals surface area contributed by atoms with Crippen LogP contribution in [0.2, 0.25) is 5.02 Å². The lowest BCUT2D eigenvalue weighted by Gasteiger charge is -2.07. The van der Waals surface area contributed by atoms with Crippen molar-refractivity contribution in [3.63, 3.8) is 0 Å². The highest BCUT2D eigenvalue weighted by Crippen LogP contribution is 2.21. The molecule has 0 spiro atoms. The number of carboxylic acids is 1. The molecule has 0 aliphatic carbocycles. The lowest BCUT2D eigenvalue weighted by molar-refractivity contribution is -0.136. The summed E-state index contributed by atoms with van der Waals surface area (Å²) in [4.78, 5) is 25.1. The number of aromatic amines is 1. The number of hydrogen-bond donors (Lipinski definition) is 2. The quantitative estimate of drug-likeness (QED) is 0.859. The van der Waals surface area contributed by atoms with Gasteiger partial charge in [-0.1, -0.05) is 11.6 Å². The van der Waals surface area contributed by atoms with Crippen LogP contribution in [-0.4, -0.2) is 16.1 Å². The van der Waals surface area contributed by atoms with E-state index >= 15 is 0 Å². The van der Waals surface area contributed by atoms with Crippen LogP contribution < -0.4 is 5.56 Å². The van der Waals surface area contributed by atoms with Crippen molar-refractivity contribution in [1.82, 2.24) is 4.98 Å². The molecule has 1 heterocycles. The number of carboxylic acid groups (broad SMARTS) is 1. The summed E-state index contributed by atoms with van der Waals surface area (Å²) in [6.45, 7) is 1.73. The number of rotatable bonds is 2. The normalized spacial score (nSPS) is 10.7. The van der Waals surface area contributed by atoms with Gasteiger partial charge in [0.1, 0.15) is 0 Å². The Morgan fingerprint density at radius 2 is 2.18 bits per heavy atom. The van der Waals surface area contributed by atoms with E-state index in [1.54, 1.807) is 25.1 Å². The third-order valence-electron chi connectivity index (χ3n) is 2.69. The molecule has 5 heteroatoms. The second kappa shape index (κ2) is 4.22. The Balaban J connectivity index is 2.77. The van der Waals surface area contributed by atoms with Crippen molar-refractivity contribution in [2.24, 2.45) is 0 Å². The number of hydrogen-bond acceptors (Lipinski definition) is 2. The summed E-state index contributed by atoms with van der Waals surface area (Å²) < 4.78 is 0. The molecular formula is C12H10ClNO3. The fourth-order valence-electron chi connectivity index (χ4n) is 1.83. The predicted octanol–water partition coefficient (Wildman–Crippen LogP) is 2.12. The highest BCUT2D eigenvalue weighted by Gasteiger charge is 2.12. The molecule has 0 amide bonds. The molecule has 0 saturated carbocycles. The molecule has 17 heavy (non-hydrogen) atoms. The van der Waals surface area contributed by atoms with E-state index in [0.717, 1.165) is 5.39 Å². The van der Waals surface area contributed by atoms with Crippen molar-refractivity contribution in [3.8, 4) is 0 Å². The molecule has 2 rings (SSSR count). The van der Waals surface area contributed by atoms with Gasteiger partial charge in [-0.2, -0.15) is 0 Å². The van der Waals surface area contributed by atoms with Crippen LogP contribution in [0.5, 0.6) is 0 Å². The van der Waals surface area contributed by atoms with E-state index in [4.69, 9.17) is 16.7 Å². The Hall–Kier alpha value is -1.81. The van der Waals surface area contributed by atoms with Crippen LogP contribution in [0.1, 0.15) is 11.1 Å². The maximum Gasteiger partial charge on any atom is 0.308 e. The predicted molar refractivity (Wildman–Crippen MR) is 65.7 cm³/mol. The van der Waals surface area contributed by atoms with Crippen molar-refractivity contribution >= 4 is 28.5 Å². The summed E-state index contributed by atoms with van der Waals surface area (Å²) in [7, 11) is 0. The lowest BCUT2D eigenvalue weighted by Crippen LogP contribution is -2.18. The van der Waals surface area contributed by atoms with Gasteiger partial charge in [-0.25, -0.2) is 0 Å². The minimum absolute atomic E-state index is 0.271. The van der Waals surface area contributed by atoms with Gasteiger partial charge < -0.3 is 10.1 Å². The lowest BCUT2D eigenvalue weighted by atomic mass is 10.0. The smallest absolute Gasteiger partial charge is 0.308 e. The van der Waals surface area contributed by atoms with Gasteiger partial charge >= 0.3 is 5.97 Å². The molecule has 1 aromatic heterocycles. The zero-order valence-electron chi connectivity index (χ0n) is 9.08. The number of carbonyl (C=O) groups is 1. The van der Waals surface area contributed by atoms with Crippen LogP contribution in [0.15, 0.2) is 23.0 Å². The summed E-state index contributed by atoms with van der Waals surface area (Å²) >= 11 is 5.88. The van der Waals surface area contributed by atoms with Gasteiger partial charge in [0.25, 0.3) is 5.56 Å². The minimum atomic E-state index is -1.03. The van der Waals surface area contributed by atoms with E-state index in [2.05, 4.69) is 4.98 Å². The van der Waals surface area contributed by atoms with Gasteiger partial charge in [0.05, 0.1) is 6.42 Å². The van der Waals surface area contributed by atoms with Crippen LogP contribution in [0.25, 0.3) is 10.9 Å². The Labute approximate surface area is 102 Å². The summed E-state index contributed by atoms with van der Waals surface area (Å²) in [6, 6.07) is 5.10. The SMILES string of the molecule is Cc1c(CC(=O)O)c(=O)[nH]c2ccc(Cl)cc12. The van der Waals surface area contributed by atoms with E-state index in [-0.39, 0.29) is 17.5 Å². The first kappa shape index (κ1) is 11.7.